The van der Waals surface area contributed by atoms with Crippen molar-refractivity contribution in [3.8, 4) is 17.1 Å². The zero-order valence-electron chi connectivity index (χ0n) is 15.0. The summed E-state index contributed by atoms with van der Waals surface area (Å²) >= 11 is 6.21. The fraction of sp³-hybridized carbons (Fsp3) is 0.0952. The molecule has 2 aromatic heterocycles. The average molecular weight is 376 g/mol. The van der Waals surface area contributed by atoms with Crippen molar-refractivity contribution in [3.05, 3.63) is 83.3 Å². The third-order valence-corrected chi connectivity index (χ3v) is 4.62. The van der Waals surface area contributed by atoms with Crippen molar-refractivity contribution in [2.75, 3.05) is 5.32 Å². The molecule has 1 N–H and O–H groups in total. The van der Waals surface area contributed by atoms with Gasteiger partial charge in [-0.05, 0) is 37.6 Å². The van der Waals surface area contributed by atoms with Crippen molar-refractivity contribution in [1.29, 1.82) is 0 Å². The first-order chi connectivity index (χ1) is 13.1. The third kappa shape index (κ3) is 3.68. The van der Waals surface area contributed by atoms with Crippen LogP contribution in [0.1, 0.15) is 11.3 Å². The lowest BCUT2D eigenvalue weighted by molar-refractivity contribution is 0.833. The summed E-state index contributed by atoms with van der Waals surface area (Å²) in [5, 5.41) is 8.59. The normalized spacial score (nSPS) is 10.8. The van der Waals surface area contributed by atoms with Gasteiger partial charge in [0.15, 0.2) is 5.82 Å². The monoisotopic (exact) mass is 375 g/mol. The number of benzene rings is 2. The number of rotatable bonds is 4. The second-order valence-corrected chi connectivity index (χ2v) is 6.71. The highest BCUT2D eigenvalue weighted by Crippen LogP contribution is 2.25. The van der Waals surface area contributed by atoms with E-state index in [4.69, 9.17) is 11.6 Å². The molecule has 4 aromatic rings. The predicted octanol–water partition coefficient (Wildman–Crippen LogP) is 5.34. The van der Waals surface area contributed by atoms with Gasteiger partial charge >= 0.3 is 0 Å². The van der Waals surface area contributed by atoms with Crippen molar-refractivity contribution in [3.63, 3.8) is 0 Å². The Labute approximate surface area is 162 Å². The van der Waals surface area contributed by atoms with Gasteiger partial charge in [-0.15, -0.1) is 0 Å². The molecule has 0 saturated carbocycles. The Morgan fingerprint density at radius 1 is 0.926 bits per heavy atom. The highest BCUT2D eigenvalue weighted by Gasteiger charge is 2.12. The van der Waals surface area contributed by atoms with Crippen molar-refractivity contribution in [2.45, 2.75) is 13.8 Å². The molecule has 4 rings (SSSR count). The largest absolute Gasteiger partial charge is 0.340 e. The van der Waals surface area contributed by atoms with Crippen LogP contribution < -0.4 is 5.32 Å². The maximum Gasteiger partial charge on any atom is 0.159 e. The summed E-state index contributed by atoms with van der Waals surface area (Å²) < 4.78 is 1.83. The third-order valence-electron chi connectivity index (χ3n) is 4.21. The maximum absolute atomic E-state index is 6.21. The molecule has 0 unspecified atom stereocenters. The van der Waals surface area contributed by atoms with Crippen molar-refractivity contribution in [2.24, 2.45) is 0 Å². The molecule has 0 saturated heterocycles. The molecule has 0 amide bonds. The Morgan fingerprint density at radius 3 is 2.52 bits per heavy atom. The Hall–Kier alpha value is -3.18. The second-order valence-electron chi connectivity index (χ2n) is 6.30. The molecule has 2 heterocycles. The highest BCUT2D eigenvalue weighted by atomic mass is 35.5. The SMILES string of the molecule is Cc1cc(-c2ccccc2)n(-c2cc(Nc3ccc(C)c(Cl)c3)ncn2)n1. The van der Waals surface area contributed by atoms with E-state index in [1.54, 1.807) is 0 Å². The molecule has 134 valence electrons. The number of aryl methyl sites for hydroxylation is 2. The van der Waals surface area contributed by atoms with Crippen molar-refractivity contribution >= 4 is 23.1 Å². The number of nitrogens with zero attached hydrogens (tertiary/aromatic N) is 4. The average Bonchev–Trinajstić information content (AvgIpc) is 3.08. The summed E-state index contributed by atoms with van der Waals surface area (Å²) in [5.41, 5.74) is 4.89. The molecule has 0 spiro atoms. The Morgan fingerprint density at radius 2 is 1.74 bits per heavy atom. The molecular weight excluding hydrogens is 358 g/mol. The van der Waals surface area contributed by atoms with E-state index in [9.17, 15) is 0 Å². The van der Waals surface area contributed by atoms with Gasteiger partial charge in [0.05, 0.1) is 11.4 Å². The molecule has 0 bridgehead atoms. The number of aromatic nitrogens is 4. The van der Waals surface area contributed by atoms with E-state index in [1.165, 1.54) is 6.33 Å². The van der Waals surface area contributed by atoms with Crippen molar-refractivity contribution in [1.82, 2.24) is 19.7 Å². The molecule has 27 heavy (non-hydrogen) atoms. The fourth-order valence-corrected chi connectivity index (χ4v) is 3.02. The van der Waals surface area contributed by atoms with E-state index < -0.39 is 0 Å². The number of nitrogens with one attached hydrogen (secondary N) is 1. The van der Waals surface area contributed by atoms with Crippen LogP contribution in [0.15, 0.2) is 67.0 Å². The van der Waals surface area contributed by atoms with Crippen LogP contribution in [0.2, 0.25) is 5.02 Å². The second kappa shape index (κ2) is 7.21. The van der Waals surface area contributed by atoms with Crippen LogP contribution in [0.25, 0.3) is 17.1 Å². The van der Waals surface area contributed by atoms with Gasteiger partial charge < -0.3 is 5.32 Å². The molecule has 6 heteroatoms. The van der Waals surface area contributed by atoms with Crippen LogP contribution in [-0.2, 0) is 0 Å². The van der Waals surface area contributed by atoms with Crippen LogP contribution in [0.3, 0.4) is 0 Å². The summed E-state index contributed by atoms with van der Waals surface area (Å²) in [5.74, 6) is 1.37. The Kier molecular flexibility index (Phi) is 4.60. The van der Waals surface area contributed by atoms with Crippen LogP contribution in [0, 0.1) is 13.8 Å². The van der Waals surface area contributed by atoms with E-state index in [-0.39, 0.29) is 0 Å². The number of hydrogen-bond donors (Lipinski definition) is 1. The number of anilines is 2. The molecule has 0 radical (unpaired) electrons. The first-order valence-corrected chi connectivity index (χ1v) is 8.95. The lowest BCUT2D eigenvalue weighted by Gasteiger charge is -2.10. The first-order valence-electron chi connectivity index (χ1n) is 8.58. The first kappa shape index (κ1) is 17.2. The van der Waals surface area contributed by atoms with Gasteiger partial charge in [0.25, 0.3) is 0 Å². The van der Waals surface area contributed by atoms with E-state index in [0.29, 0.717) is 16.7 Å². The summed E-state index contributed by atoms with van der Waals surface area (Å²) in [4.78, 5) is 8.72. The maximum atomic E-state index is 6.21. The van der Waals surface area contributed by atoms with E-state index in [0.717, 1.165) is 28.2 Å². The summed E-state index contributed by atoms with van der Waals surface area (Å²) in [6.07, 6.45) is 1.53. The molecule has 5 nitrogen and oxygen atoms in total. The van der Waals surface area contributed by atoms with Gasteiger partial charge in [-0.2, -0.15) is 5.10 Å². The topological polar surface area (TPSA) is 55.6 Å². The smallest absolute Gasteiger partial charge is 0.159 e. The number of halogens is 1. The molecular formula is C21H18ClN5. The lowest BCUT2D eigenvalue weighted by Crippen LogP contribution is -2.04. The van der Waals surface area contributed by atoms with Gasteiger partial charge in [-0.1, -0.05) is 48.0 Å². The van der Waals surface area contributed by atoms with Crippen LogP contribution in [0.5, 0.6) is 0 Å². The molecule has 0 fully saturated rings. The van der Waals surface area contributed by atoms with Gasteiger partial charge in [-0.3, -0.25) is 0 Å². The summed E-state index contributed by atoms with van der Waals surface area (Å²) in [7, 11) is 0. The standard InChI is InChI=1S/C21H18ClN5/c1-14-8-9-17(11-18(14)22)25-20-12-21(24-13-23-20)27-19(10-15(2)26-27)16-6-4-3-5-7-16/h3-13H,1-2H3,(H,23,24,25). The van der Waals surface area contributed by atoms with Crippen LogP contribution in [-0.4, -0.2) is 19.7 Å². The van der Waals surface area contributed by atoms with E-state index in [1.807, 2.05) is 67.1 Å². The van der Waals surface area contributed by atoms with Crippen LogP contribution in [0.4, 0.5) is 11.5 Å². The minimum absolute atomic E-state index is 0.673. The van der Waals surface area contributed by atoms with Crippen molar-refractivity contribution < 1.29 is 0 Å². The van der Waals surface area contributed by atoms with Gasteiger partial charge in [0.2, 0.25) is 0 Å². The highest BCUT2D eigenvalue weighted by molar-refractivity contribution is 6.31. The van der Waals surface area contributed by atoms with Gasteiger partial charge in [0.1, 0.15) is 12.1 Å². The van der Waals surface area contributed by atoms with Gasteiger partial charge in [-0.25, -0.2) is 14.6 Å². The van der Waals surface area contributed by atoms with Crippen LogP contribution >= 0.6 is 11.6 Å². The summed E-state index contributed by atoms with van der Waals surface area (Å²) in [6.45, 7) is 3.94. The zero-order valence-corrected chi connectivity index (χ0v) is 15.8. The molecule has 0 atom stereocenters. The fourth-order valence-electron chi connectivity index (χ4n) is 2.84. The Balaban J connectivity index is 1.70. The minimum Gasteiger partial charge on any atom is -0.340 e. The van der Waals surface area contributed by atoms with E-state index in [2.05, 4.69) is 32.5 Å². The Bertz CT molecular complexity index is 1090. The van der Waals surface area contributed by atoms with E-state index >= 15 is 0 Å². The molecule has 0 aliphatic heterocycles. The molecule has 0 aliphatic carbocycles. The summed E-state index contributed by atoms with van der Waals surface area (Å²) in [6, 6.07) is 19.9. The van der Waals surface area contributed by atoms with Gasteiger partial charge in [0, 0.05) is 22.3 Å². The lowest BCUT2D eigenvalue weighted by atomic mass is 10.1. The number of hydrogen-bond acceptors (Lipinski definition) is 4. The molecule has 0 aliphatic rings. The quantitative estimate of drug-likeness (QED) is 0.522. The molecule has 2 aromatic carbocycles. The predicted molar refractivity (Wildman–Crippen MR) is 109 cm³/mol. The minimum atomic E-state index is 0.673. The zero-order chi connectivity index (χ0) is 18.8.